The molecule has 2 aromatic rings. The molecule has 3 rings (SSSR count). The van der Waals surface area contributed by atoms with Gasteiger partial charge >= 0.3 is 0 Å². The van der Waals surface area contributed by atoms with Gasteiger partial charge in [0.25, 0.3) is 5.56 Å². The van der Waals surface area contributed by atoms with Crippen molar-refractivity contribution in [2.24, 2.45) is 0 Å². The molecule has 1 saturated heterocycles. The number of halogens is 1. The summed E-state index contributed by atoms with van der Waals surface area (Å²) < 4.78 is 7.04. The lowest BCUT2D eigenvalue weighted by Gasteiger charge is -2.31. The van der Waals surface area contributed by atoms with Gasteiger partial charge in [-0.1, -0.05) is 17.7 Å². The molecule has 7 heteroatoms. The number of nitriles is 1. The predicted molar refractivity (Wildman–Crippen MR) is 100 cm³/mol. The maximum atomic E-state index is 13.3. The number of aryl methyl sites for hydroxylation is 1. The van der Waals surface area contributed by atoms with E-state index in [4.69, 9.17) is 16.3 Å². The Morgan fingerprint density at radius 3 is 2.85 bits per heavy atom. The molecule has 1 fully saturated rings. The van der Waals surface area contributed by atoms with Crippen LogP contribution in [-0.4, -0.2) is 27.7 Å². The average molecular weight is 373 g/mol. The number of unbranched alkanes of at least 4 members (excludes halogenated alkanes) is 2. The summed E-state index contributed by atoms with van der Waals surface area (Å²) in [5, 5.41) is 10.8. The quantitative estimate of drug-likeness (QED) is 0.441. The number of allylic oxidation sites excluding steroid dienone is 1. The second-order valence-corrected chi connectivity index (χ2v) is 6.87. The number of fused-ring (bicyclic) bond motifs is 1. The number of rotatable bonds is 6. The van der Waals surface area contributed by atoms with Crippen LogP contribution in [0.5, 0.6) is 0 Å². The molecule has 0 spiro atoms. The summed E-state index contributed by atoms with van der Waals surface area (Å²) in [6.07, 6.45) is 6.84. The Hall–Kier alpha value is -2.23. The van der Waals surface area contributed by atoms with E-state index < -0.39 is 5.41 Å². The smallest absolute Gasteiger partial charge is 0.257 e. The number of aromatic nitrogens is 3. The van der Waals surface area contributed by atoms with Crippen LogP contribution in [0.4, 0.5) is 0 Å². The molecule has 0 aliphatic carbocycles. The van der Waals surface area contributed by atoms with E-state index in [1.54, 1.807) is 10.6 Å². The first kappa shape index (κ1) is 18.6. The molecular formula is C19H21ClN4O2. The van der Waals surface area contributed by atoms with Crippen molar-refractivity contribution in [1.29, 1.82) is 5.26 Å². The monoisotopic (exact) mass is 372 g/mol. The summed E-state index contributed by atoms with van der Waals surface area (Å²) in [5.41, 5.74) is -0.0472. The van der Waals surface area contributed by atoms with Crippen LogP contribution >= 0.6 is 11.6 Å². The molecule has 0 bridgehead atoms. The average Bonchev–Trinajstić information content (AvgIpc) is 2.67. The minimum absolute atomic E-state index is 0.172. The van der Waals surface area contributed by atoms with Crippen molar-refractivity contribution < 1.29 is 4.74 Å². The van der Waals surface area contributed by atoms with Gasteiger partial charge in [-0.25, -0.2) is 9.97 Å². The Bertz CT molecular complexity index is 910. The van der Waals surface area contributed by atoms with Gasteiger partial charge in [0.15, 0.2) is 0 Å². The second kappa shape index (κ2) is 7.98. The van der Waals surface area contributed by atoms with E-state index in [-0.39, 0.29) is 10.7 Å². The van der Waals surface area contributed by atoms with Crippen LogP contribution in [0, 0.1) is 11.3 Å². The first-order chi connectivity index (χ1) is 12.6. The molecular weight excluding hydrogens is 352 g/mol. The van der Waals surface area contributed by atoms with Gasteiger partial charge < -0.3 is 4.74 Å². The number of pyridine rings is 1. The molecule has 3 heterocycles. The van der Waals surface area contributed by atoms with E-state index in [1.165, 1.54) is 6.33 Å². The van der Waals surface area contributed by atoms with Gasteiger partial charge in [-0.05, 0) is 38.2 Å². The topological polar surface area (TPSA) is 80.8 Å². The third-order valence-electron chi connectivity index (χ3n) is 4.95. The number of nitrogens with zero attached hydrogens (tertiary/aromatic N) is 4. The summed E-state index contributed by atoms with van der Waals surface area (Å²) >= 11 is 6.28. The largest absolute Gasteiger partial charge is 0.381 e. The second-order valence-electron chi connectivity index (χ2n) is 6.51. The highest BCUT2D eigenvalue weighted by atomic mass is 35.5. The number of hydrogen-bond donors (Lipinski definition) is 0. The Morgan fingerprint density at radius 1 is 1.38 bits per heavy atom. The fourth-order valence-corrected chi connectivity index (χ4v) is 3.61. The van der Waals surface area contributed by atoms with Gasteiger partial charge in [-0.2, -0.15) is 5.26 Å². The molecule has 0 amide bonds. The Labute approximate surface area is 157 Å². The minimum Gasteiger partial charge on any atom is -0.381 e. The van der Waals surface area contributed by atoms with Crippen LogP contribution < -0.4 is 5.56 Å². The first-order valence-electron chi connectivity index (χ1n) is 8.77. The predicted octanol–water partition coefficient (Wildman–Crippen LogP) is 3.37. The summed E-state index contributed by atoms with van der Waals surface area (Å²) in [6.45, 7) is 5.16. The standard InChI is InChI=1S/C19H21ClN4O2/c1-2-3-4-5-8-24-17-14(16(20)22-13-23-17)11-15(18(24)25)19(12-21)6-9-26-10-7-19/h2,11,13H,1,3-10H2. The summed E-state index contributed by atoms with van der Waals surface area (Å²) in [5.74, 6) is 0. The van der Waals surface area contributed by atoms with Crippen molar-refractivity contribution >= 4 is 22.6 Å². The SMILES string of the molecule is C=CCCCCn1c(=O)c(C2(C#N)CCOCC2)cc2c(Cl)ncnc21. The molecule has 1 aliphatic heterocycles. The molecule has 0 unspecified atom stereocenters. The molecule has 0 N–H and O–H groups in total. The third-order valence-corrected chi connectivity index (χ3v) is 5.25. The summed E-state index contributed by atoms with van der Waals surface area (Å²) in [6, 6.07) is 4.07. The number of ether oxygens (including phenoxy) is 1. The molecule has 0 atom stereocenters. The summed E-state index contributed by atoms with van der Waals surface area (Å²) in [7, 11) is 0. The van der Waals surface area contributed by atoms with Crippen LogP contribution in [0.15, 0.2) is 29.8 Å². The summed E-state index contributed by atoms with van der Waals surface area (Å²) in [4.78, 5) is 21.6. The van der Waals surface area contributed by atoms with Gasteiger partial charge in [-0.15, -0.1) is 6.58 Å². The van der Waals surface area contributed by atoms with Crippen molar-refractivity contribution in [3.05, 3.63) is 46.1 Å². The fourth-order valence-electron chi connectivity index (χ4n) is 3.42. The maximum absolute atomic E-state index is 13.3. The molecule has 0 aromatic carbocycles. The third kappa shape index (κ3) is 3.37. The van der Waals surface area contributed by atoms with Crippen LogP contribution in [0.1, 0.15) is 37.7 Å². The molecule has 0 radical (unpaired) electrons. The van der Waals surface area contributed by atoms with Crippen molar-refractivity contribution in [3.63, 3.8) is 0 Å². The maximum Gasteiger partial charge on any atom is 0.257 e. The normalized spacial score (nSPS) is 16.3. The van der Waals surface area contributed by atoms with Crippen LogP contribution in [0.3, 0.4) is 0 Å². The zero-order valence-corrected chi connectivity index (χ0v) is 15.3. The van der Waals surface area contributed by atoms with E-state index in [2.05, 4.69) is 22.6 Å². The van der Waals surface area contributed by atoms with Crippen LogP contribution in [0.25, 0.3) is 11.0 Å². The van der Waals surface area contributed by atoms with Crippen molar-refractivity contribution in [1.82, 2.24) is 14.5 Å². The zero-order chi connectivity index (χ0) is 18.6. The zero-order valence-electron chi connectivity index (χ0n) is 14.6. The number of hydrogen-bond acceptors (Lipinski definition) is 5. The van der Waals surface area contributed by atoms with E-state index >= 15 is 0 Å². The highest BCUT2D eigenvalue weighted by Crippen LogP contribution is 2.34. The lowest BCUT2D eigenvalue weighted by Crippen LogP contribution is -2.39. The van der Waals surface area contributed by atoms with Crippen molar-refractivity contribution in [2.45, 2.75) is 44.1 Å². The Balaban J connectivity index is 2.16. The van der Waals surface area contributed by atoms with Crippen LogP contribution in [-0.2, 0) is 16.7 Å². The fraction of sp³-hybridized carbons (Fsp3) is 0.474. The lowest BCUT2D eigenvalue weighted by molar-refractivity contribution is 0.0671. The highest BCUT2D eigenvalue weighted by Gasteiger charge is 2.38. The minimum atomic E-state index is -0.856. The van der Waals surface area contributed by atoms with Crippen molar-refractivity contribution in [3.8, 4) is 6.07 Å². The first-order valence-corrected chi connectivity index (χ1v) is 9.15. The van der Waals surface area contributed by atoms with E-state index in [1.807, 2.05) is 6.08 Å². The Morgan fingerprint density at radius 2 is 2.15 bits per heavy atom. The van der Waals surface area contributed by atoms with E-state index in [0.29, 0.717) is 49.2 Å². The molecule has 26 heavy (non-hydrogen) atoms. The van der Waals surface area contributed by atoms with E-state index in [0.717, 1.165) is 19.3 Å². The molecule has 0 saturated carbocycles. The molecule has 1 aliphatic rings. The van der Waals surface area contributed by atoms with Crippen molar-refractivity contribution in [2.75, 3.05) is 13.2 Å². The van der Waals surface area contributed by atoms with Gasteiger partial charge in [0.2, 0.25) is 0 Å². The van der Waals surface area contributed by atoms with Gasteiger partial charge in [-0.3, -0.25) is 9.36 Å². The van der Waals surface area contributed by atoms with E-state index in [9.17, 15) is 10.1 Å². The van der Waals surface area contributed by atoms with Gasteiger partial charge in [0.1, 0.15) is 17.1 Å². The Kier molecular flexibility index (Phi) is 5.70. The highest BCUT2D eigenvalue weighted by molar-refractivity contribution is 6.33. The molecule has 136 valence electrons. The molecule has 2 aromatic heterocycles. The lowest BCUT2D eigenvalue weighted by atomic mass is 9.76. The van der Waals surface area contributed by atoms with Gasteiger partial charge in [0.05, 0.1) is 16.9 Å². The van der Waals surface area contributed by atoms with Crippen LogP contribution in [0.2, 0.25) is 5.15 Å². The molecule has 6 nitrogen and oxygen atoms in total. The van der Waals surface area contributed by atoms with Gasteiger partial charge in [0, 0.05) is 25.3 Å².